The Bertz CT molecular complexity index is 2050. The summed E-state index contributed by atoms with van der Waals surface area (Å²) in [5, 5.41) is 0. The van der Waals surface area contributed by atoms with Gasteiger partial charge in [-0.25, -0.2) is 0 Å². The van der Waals surface area contributed by atoms with E-state index in [-0.39, 0.29) is 5.41 Å². The van der Waals surface area contributed by atoms with Crippen LogP contribution in [0, 0.1) is 13.8 Å². The van der Waals surface area contributed by atoms with Crippen molar-refractivity contribution in [2.24, 2.45) is 0 Å². The van der Waals surface area contributed by atoms with Crippen LogP contribution in [0.15, 0.2) is 176 Å². The Kier molecular flexibility index (Phi) is 13.3. The molecule has 0 bridgehead atoms. The van der Waals surface area contributed by atoms with E-state index in [2.05, 4.69) is 206 Å². The Labute approximate surface area is 325 Å². The number of rotatable bonds is 7. The first-order valence-corrected chi connectivity index (χ1v) is 19.7. The Balaban J connectivity index is 0.000000892. The molecular weight excluding hydrogens is 653 g/mol. The van der Waals surface area contributed by atoms with Gasteiger partial charge in [-0.1, -0.05) is 156 Å². The predicted octanol–water partition coefficient (Wildman–Crippen LogP) is 15.7. The van der Waals surface area contributed by atoms with Crippen molar-refractivity contribution in [3.63, 3.8) is 0 Å². The van der Waals surface area contributed by atoms with Gasteiger partial charge in [0, 0.05) is 39.5 Å². The topological polar surface area (TPSA) is 6.48 Å². The lowest BCUT2D eigenvalue weighted by atomic mass is 9.74. The monoisotopic (exact) mass is 708 g/mol. The van der Waals surface area contributed by atoms with Crippen molar-refractivity contribution in [2.75, 3.05) is 9.80 Å². The van der Waals surface area contributed by atoms with Gasteiger partial charge in [0.1, 0.15) is 0 Å². The van der Waals surface area contributed by atoms with E-state index in [1.54, 1.807) is 0 Å². The number of nitrogens with zero attached hydrogens (tertiary/aromatic N) is 2. The summed E-state index contributed by atoms with van der Waals surface area (Å²) < 4.78 is 0. The van der Waals surface area contributed by atoms with Crippen molar-refractivity contribution in [1.29, 1.82) is 0 Å². The normalized spacial score (nSPS) is 11.6. The van der Waals surface area contributed by atoms with Crippen LogP contribution in [0.4, 0.5) is 34.1 Å². The Hall–Kier alpha value is -5.86. The van der Waals surface area contributed by atoms with Gasteiger partial charge in [0.15, 0.2) is 0 Å². The van der Waals surface area contributed by atoms with E-state index in [0.29, 0.717) is 0 Å². The van der Waals surface area contributed by atoms with Crippen LogP contribution in [0.1, 0.15) is 76.3 Å². The van der Waals surface area contributed by atoms with Crippen molar-refractivity contribution in [2.45, 2.75) is 67.7 Å². The minimum Gasteiger partial charge on any atom is -0.310 e. The zero-order valence-electron chi connectivity index (χ0n) is 33.6. The van der Waals surface area contributed by atoms with Gasteiger partial charge in [0.05, 0.1) is 0 Å². The molecule has 7 aromatic carbocycles. The molecule has 0 aromatic heterocycles. The van der Waals surface area contributed by atoms with Crippen LogP contribution in [-0.2, 0) is 5.41 Å². The van der Waals surface area contributed by atoms with Crippen LogP contribution >= 0.6 is 0 Å². The molecule has 0 N–H and O–H groups in total. The van der Waals surface area contributed by atoms with Crippen molar-refractivity contribution < 1.29 is 0 Å². The molecule has 2 nitrogen and oxygen atoms in total. The fraction of sp³-hybridized carbons (Fsp3) is 0.192. The summed E-state index contributed by atoms with van der Waals surface area (Å²) in [5.74, 6) is 0. The highest BCUT2D eigenvalue weighted by molar-refractivity contribution is 5.89. The Morgan fingerprint density at radius 1 is 0.333 bits per heavy atom. The molecule has 0 radical (unpaired) electrons. The fourth-order valence-corrected chi connectivity index (χ4v) is 7.30. The summed E-state index contributed by atoms with van der Waals surface area (Å²) in [7, 11) is 0. The SMILES string of the molecule is CC.CC.CC.Cc1ccc(N(c2ccccc2)c2ccc3c(c2)C(C)(c2ccccc2)c2cc(N(c4ccccc4)c4ccc(C)cc4)ccc2-3)cc1. The minimum atomic E-state index is -0.372. The highest BCUT2D eigenvalue weighted by atomic mass is 15.1. The molecule has 0 amide bonds. The number of para-hydroxylation sites is 2. The summed E-state index contributed by atoms with van der Waals surface area (Å²) in [6.45, 7) is 18.7. The second kappa shape index (κ2) is 18.3. The highest BCUT2D eigenvalue weighted by Gasteiger charge is 2.41. The molecule has 0 saturated heterocycles. The summed E-state index contributed by atoms with van der Waals surface area (Å²) in [6.07, 6.45) is 0. The lowest BCUT2D eigenvalue weighted by Crippen LogP contribution is -2.23. The quantitative estimate of drug-likeness (QED) is 0.163. The molecule has 274 valence electrons. The molecule has 2 heteroatoms. The number of fused-ring (bicyclic) bond motifs is 3. The molecule has 0 aliphatic heterocycles. The smallest absolute Gasteiger partial charge is 0.0465 e. The van der Waals surface area contributed by atoms with Gasteiger partial charge in [-0.05, 0) is 121 Å². The predicted molar refractivity (Wildman–Crippen MR) is 237 cm³/mol. The highest BCUT2D eigenvalue weighted by Crippen LogP contribution is 2.55. The molecule has 0 fully saturated rings. The van der Waals surface area contributed by atoms with Gasteiger partial charge in [0.25, 0.3) is 0 Å². The average Bonchev–Trinajstić information content (AvgIpc) is 3.50. The first-order chi connectivity index (χ1) is 26.5. The zero-order valence-corrected chi connectivity index (χ0v) is 33.6. The molecule has 0 heterocycles. The summed E-state index contributed by atoms with van der Waals surface area (Å²) in [5.41, 5.74) is 15.4. The Morgan fingerprint density at radius 3 is 0.981 bits per heavy atom. The van der Waals surface area contributed by atoms with Crippen molar-refractivity contribution in [3.8, 4) is 11.1 Å². The molecule has 0 atom stereocenters. The molecule has 7 aromatic rings. The first-order valence-electron chi connectivity index (χ1n) is 19.7. The number of anilines is 6. The van der Waals surface area contributed by atoms with Crippen molar-refractivity contribution >= 4 is 34.1 Å². The molecular formula is C52H56N2. The zero-order chi connectivity index (χ0) is 38.7. The fourth-order valence-electron chi connectivity index (χ4n) is 7.30. The lowest BCUT2D eigenvalue weighted by molar-refractivity contribution is 0.714. The van der Waals surface area contributed by atoms with Crippen LogP contribution < -0.4 is 9.80 Å². The first kappa shape index (κ1) is 39.3. The van der Waals surface area contributed by atoms with Gasteiger partial charge < -0.3 is 9.80 Å². The van der Waals surface area contributed by atoms with Crippen LogP contribution in [0.25, 0.3) is 11.1 Å². The maximum Gasteiger partial charge on any atom is 0.0465 e. The summed E-state index contributed by atoms with van der Waals surface area (Å²) >= 11 is 0. The van der Waals surface area contributed by atoms with E-state index >= 15 is 0 Å². The maximum absolute atomic E-state index is 2.42. The van der Waals surface area contributed by atoms with Crippen LogP contribution in [-0.4, -0.2) is 0 Å². The third-order valence-corrected chi connectivity index (χ3v) is 9.85. The summed E-state index contributed by atoms with van der Waals surface area (Å²) in [6, 6.07) is 64.1. The minimum absolute atomic E-state index is 0.372. The van der Waals surface area contributed by atoms with Gasteiger partial charge in [0.2, 0.25) is 0 Å². The molecule has 1 aliphatic rings. The van der Waals surface area contributed by atoms with Gasteiger partial charge in [-0.2, -0.15) is 0 Å². The van der Waals surface area contributed by atoms with E-state index in [1.165, 1.54) is 38.9 Å². The van der Waals surface area contributed by atoms with Gasteiger partial charge >= 0.3 is 0 Å². The van der Waals surface area contributed by atoms with E-state index in [4.69, 9.17) is 0 Å². The Morgan fingerprint density at radius 2 is 0.630 bits per heavy atom. The molecule has 8 rings (SSSR count). The van der Waals surface area contributed by atoms with Gasteiger partial charge in [-0.15, -0.1) is 0 Å². The van der Waals surface area contributed by atoms with Crippen molar-refractivity contribution in [3.05, 3.63) is 204 Å². The van der Waals surface area contributed by atoms with Crippen molar-refractivity contribution in [1.82, 2.24) is 0 Å². The van der Waals surface area contributed by atoms with Gasteiger partial charge in [-0.3, -0.25) is 0 Å². The average molecular weight is 709 g/mol. The molecule has 0 spiro atoms. The van der Waals surface area contributed by atoms with E-state index in [9.17, 15) is 0 Å². The number of aryl methyl sites for hydroxylation is 2. The summed E-state index contributed by atoms with van der Waals surface area (Å²) in [4.78, 5) is 4.74. The molecule has 0 saturated carbocycles. The van der Waals surface area contributed by atoms with E-state index in [1.807, 2.05) is 41.5 Å². The maximum atomic E-state index is 2.42. The molecule has 1 aliphatic carbocycles. The third kappa shape index (κ3) is 7.75. The molecule has 54 heavy (non-hydrogen) atoms. The third-order valence-electron chi connectivity index (χ3n) is 9.85. The number of benzene rings is 7. The number of hydrogen-bond donors (Lipinski definition) is 0. The van der Waals surface area contributed by atoms with E-state index in [0.717, 1.165) is 34.1 Å². The van der Waals surface area contributed by atoms with Crippen LogP contribution in [0.2, 0.25) is 0 Å². The largest absolute Gasteiger partial charge is 0.310 e. The second-order valence-corrected chi connectivity index (χ2v) is 13.0. The van der Waals surface area contributed by atoms with Crippen LogP contribution in [0.5, 0.6) is 0 Å². The van der Waals surface area contributed by atoms with Crippen LogP contribution in [0.3, 0.4) is 0 Å². The molecule has 0 unspecified atom stereocenters. The second-order valence-electron chi connectivity index (χ2n) is 13.0. The lowest BCUT2D eigenvalue weighted by Gasteiger charge is -2.32. The van der Waals surface area contributed by atoms with E-state index < -0.39 is 0 Å². The number of hydrogen-bond acceptors (Lipinski definition) is 2. The standard InChI is InChI=1S/C46H38N2.3C2H6/c1-33-19-23-38(24-20-33)47(36-15-9-5-10-16-36)40-27-29-42-43-30-28-41(32-45(43)46(3,44(42)31-40)35-13-7-4-8-14-35)48(37-17-11-6-12-18-37)39-25-21-34(2)22-26-39;3*1-2/h4-32H,1-3H3;3*1-2H3.